The van der Waals surface area contributed by atoms with Gasteiger partial charge in [-0.3, -0.25) is 4.79 Å². The van der Waals surface area contributed by atoms with Gasteiger partial charge in [-0.25, -0.2) is 13.1 Å². The largest absolute Gasteiger partial charge is 0.491 e. The number of fused-ring (bicyclic) bond motifs is 1. The molecule has 3 N–H and O–H groups in total. The fraction of sp³-hybridized carbons (Fsp3) is 0.409. The van der Waals surface area contributed by atoms with Gasteiger partial charge in [-0.1, -0.05) is 6.07 Å². The van der Waals surface area contributed by atoms with E-state index < -0.39 is 22.0 Å². The number of rotatable bonds is 10. The minimum absolute atomic E-state index is 0.0140. The molecule has 2 heterocycles. The highest BCUT2D eigenvalue weighted by molar-refractivity contribution is 7.89. The number of sulfonamides is 1. The van der Waals surface area contributed by atoms with Crippen molar-refractivity contribution in [3.63, 3.8) is 0 Å². The number of hydrogen-bond donors (Lipinski definition) is 3. The molecule has 0 spiro atoms. The van der Waals surface area contributed by atoms with E-state index >= 15 is 0 Å². The van der Waals surface area contributed by atoms with Crippen LogP contribution in [-0.4, -0.2) is 64.7 Å². The summed E-state index contributed by atoms with van der Waals surface area (Å²) in [6, 6.07) is 10.8. The summed E-state index contributed by atoms with van der Waals surface area (Å²) in [6.45, 7) is 0.851. The fourth-order valence-corrected chi connectivity index (χ4v) is 4.54. The third-order valence-corrected chi connectivity index (χ3v) is 6.64. The van der Waals surface area contributed by atoms with Gasteiger partial charge in [0.25, 0.3) is 5.91 Å². The Hall–Kier alpha value is -2.86. The van der Waals surface area contributed by atoms with Crippen molar-refractivity contribution >= 4 is 15.9 Å². The second-order valence-electron chi connectivity index (χ2n) is 7.70. The van der Waals surface area contributed by atoms with E-state index in [1.807, 2.05) is 0 Å². The van der Waals surface area contributed by atoms with Crippen LogP contribution in [0.3, 0.4) is 0 Å². The summed E-state index contributed by atoms with van der Waals surface area (Å²) >= 11 is 0. The lowest BCUT2D eigenvalue weighted by Gasteiger charge is -2.14. The molecule has 0 bridgehead atoms. The first-order valence-corrected chi connectivity index (χ1v) is 12.1. The second kappa shape index (κ2) is 10.4. The van der Waals surface area contributed by atoms with Gasteiger partial charge in [0, 0.05) is 31.3 Å². The Morgan fingerprint density at radius 3 is 2.85 bits per heavy atom. The molecule has 1 fully saturated rings. The van der Waals surface area contributed by atoms with Gasteiger partial charge in [0.05, 0.1) is 11.0 Å². The highest BCUT2D eigenvalue weighted by Crippen LogP contribution is 2.35. The van der Waals surface area contributed by atoms with Gasteiger partial charge in [-0.2, -0.15) is 0 Å². The van der Waals surface area contributed by atoms with Crippen LogP contribution in [0.25, 0.3) is 0 Å². The Kier molecular flexibility index (Phi) is 7.33. The van der Waals surface area contributed by atoms with Crippen molar-refractivity contribution in [3.05, 3.63) is 48.0 Å². The normalized spacial score (nSPS) is 18.2. The Morgan fingerprint density at radius 1 is 1.18 bits per heavy atom. The molecule has 1 saturated heterocycles. The molecule has 0 saturated carbocycles. The number of hydrogen-bond acceptors (Lipinski definition) is 8. The predicted octanol–water partition coefficient (Wildman–Crippen LogP) is 1.04. The third kappa shape index (κ3) is 6.14. The Labute approximate surface area is 191 Å². The van der Waals surface area contributed by atoms with Gasteiger partial charge in [-0.05, 0) is 43.2 Å². The van der Waals surface area contributed by atoms with Crippen molar-refractivity contribution in [2.75, 3.05) is 33.1 Å². The summed E-state index contributed by atoms with van der Waals surface area (Å²) in [4.78, 5) is 12.5. The molecule has 0 radical (unpaired) electrons. The standard InChI is InChI=1S/C22H26N2O8S/c25-16(13-30-17-6-7-20-21(10-17)32-14-31-20)11-23-22(26)15-3-1-5-19(9-15)33(27,28)24-12-18-4-2-8-29-18/h1,3,5-7,9-10,16,18,24-25H,2,4,8,11-14H2,(H,23,26). The lowest BCUT2D eigenvalue weighted by atomic mass is 10.2. The maximum Gasteiger partial charge on any atom is 0.251 e. The van der Waals surface area contributed by atoms with Crippen LogP contribution in [0, 0.1) is 0 Å². The van der Waals surface area contributed by atoms with E-state index in [-0.39, 0.29) is 43.1 Å². The van der Waals surface area contributed by atoms with Crippen LogP contribution in [0.1, 0.15) is 23.2 Å². The number of aliphatic hydroxyl groups excluding tert-OH is 1. The molecule has 2 aromatic rings. The predicted molar refractivity (Wildman–Crippen MR) is 117 cm³/mol. The monoisotopic (exact) mass is 478 g/mol. The number of carbonyl (C=O) groups is 1. The van der Waals surface area contributed by atoms with Crippen molar-refractivity contribution < 1.29 is 37.3 Å². The van der Waals surface area contributed by atoms with Crippen LogP contribution in [-0.2, 0) is 14.8 Å². The van der Waals surface area contributed by atoms with Crippen LogP contribution in [0.4, 0.5) is 0 Å². The molecule has 33 heavy (non-hydrogen) atoms. The van der Waals surface area contributed by atoms with E-state index in [0.717, 1.165) is 12.8 Å². The maximum absolute atomic E-state index is 12.5. The zero-order chi connectivity index (χ0) is 23.3. The van der Waals surface area contributed by atoms with E-state index in [9.17, 15) is 18.3 Å². The Bertz CT molecular complexity index is 1090. The Morgan fingerprint density at radius 2 is 2.03 bits per heavy atom. The molecule has 2 unspecified atom stereocenters. The average molecular weight is 479 g/mol. The molecular formula is C22H26N2O8S. The smallest absolute Gasteiger partial charge is 0.251 e. The van der Waals surface area contributed by atoms with Crippen molar-refractivity contribution in [3.8, 4) is 17.2 Å². The molecule has 11 heteroatoms. The topological polar surface area (TPSA) is 132 Å². The zero-order valence-electron chi connectivity index (χ0n) is 17.9. The van der Waals surface area contributed by atoms with Crippen molar-refractivity contribution in [2.45, 2.75) is 29.9 Å². The molecule has 10 nitrogen and oxygen atoms in total. The summed E-state index contributed by atoms with van der Waals surface area (Å²) in [5.74, 6) is 1.18. The summed E-state index contributed by atoms with van der Waals surface area (Å²) in [6.07, 6.45) is 0.619. The molecule has 1 amide bonds. The Balaban J connectivity index is 1.26. The lowest BCUT2D eigenvalue weighted by Crippen LogP contribution is -2.35. The number of ether oxygens (including phenoxy) is 4. The van der Waals surface area contributed by atoms with E-state index in [0.29, 0.717) is 23.9 Å². The SMILES string of the molecule is O=C(NCC(O)COc1ccc2c(c1)OCO2)c1cccc(S(=O)(=O)NCC2CCCO2)c1. The van der Waals surface area contributed by atoms with Crippen LogP contribution >= 0.6 is 0 Å². The van der Waals surface area contributed by atoms with Crippen molar-refractivity contribution in [1.82, 2.24) is 10.0 Å². The summed E-state index contributed by atoms with van der Waals surface area (Å²) in [7, 11) is -3.78. The summed E-state index contributed by atoms with van der Waals surface area (Å²) in [5, 5.41) is 12.7. The van der Waals surface area contributed by atoms with E-state index in [2.05, 4.69) is 10.0 Å². The second-order valence-corrected chi connectivity index (χ2v) is 9.47. The molecule has 2 aliphatic heterocycles. The molecule has 0 aliphatic carbocycles. The molecule has 4 rings (SSSR count). The van der Waals surface area contributed by atoms with Crippen LogP contribution < -0.4 is 24.2 Å². The van der Waals surface area contributed by atoms with E-state index in [1.165, 1.54) is 24.3 Å². The maximum atomic E-state index is 12.5. The van der Waals surface area contributed by atoms with Crippen LogP contribution in [0.2, 0.25) is 0 Å². The van der Waals surface area contributed by atoms with Gasteiger partial charge in [0.15, 0.2) is 11.5 Å². The zero-order valence-corrected chi connectivity index (χ0v) is 18.7. The minimum Gasteiger partial charge on any atom is -0.491 e. The van der Waals surface area contributed by atoms with Gasteiger partial charge in [0.1, 0.15) is 18.5 Å². The molecule has 2 atom stereocenters. The molecule has 2 aliphatic rings. The first-order chi connectivity index (χ1) is 15.9. The number of benzene rings is 2. The van der Waals surface area contributed by atoms with Crippen molar-refractivity contribution in [1.29, 1.82) is 0 Å². The molecule has 178 valence electrons. The number of carbonyl (C=O) groups excluding carboxylic acids is 1. The number of amides is 1. The fourth-order valence-electron chi connectivity index (χ4n) is 3.43. The van der Waals surface area contributed by atoms with Gasteiger partial charge < -0.3 is 29.4 Å². The number of nitrogens with one attached hydrogen (secondary N) is 2. The van der Waals surface area contributed by atoms with Crippen molar-refractivity contribution in [2.24, 2.45) is 0 Å². The summed E-state index contributed by atoms with van der Waals surface area (Å²) in [5.41, 5.74) is 0.166. The first kappa shape index (κ1) is 23.3. The van der Waals surface area contributed by atoms with Gasteiger partial charge in [-0.15, -0.1) is 0 Å². The van der Waals surface area contributed by atoms with E-state index in [1.54, 1.807) is 18.2 Å². The minimum atomic E-state index is -3.78. The number of aliphatic hydroxyl groups is 1. The molecule has 0 aromatic heterocycles. The van der Waals surface area contributed by atoms with E-state index in [4.69, 9.17) is 18.9 Å². The van der Waals surface area contributed by atoms with Crippen LogP contribution in [0.5, 0.6) is 17.2 Å². The third-order valence-electron chi connectivity index (χ3n) is 5.22. The van der Waals surface area contributed by atoms with Gasteiger partial charge >= 0.3 is 0 Å². The molecule has 2 aromatic carbocycles. The highest BCUT2D eigenvalue weighted by atomic mass is 32.2. The quantitative estimate of drug-likeness (QED) is 0.462. The van der Waals surface area contributed by atoms with Gasteiger partial charge in [0.2, 0.25) is 16.8 Å². The average Bonchev–Trinajstić information content (AvgIpc) is 3.51. The molecular weight excluding hydrogens is 452 g/mol. The summed E-state index contributed by atoms with van der Waals surface area (Å²) < 4.78 is 49.1. The first-order valence-electron chi connectivity index (χ1n) is 10.6. The lowest BCUT2D eigenvalue weighted by molar-refractivity contribution is 0.0843. The highest BCUT2D eigenvalue weighted by Gasteiger charge is 2.21. The van der Waals surface area contributed by atoms with Crippen LogP contribution in [0.15, 0.2) is 47.4 Å².